The first-order valence-electron chi connectivity index (χ1n) is 7.19. The van der Waals surface area contributed by atoms with E-state index in [2.05, 4.69) is 31.0 Å². The van der Waals surface area contributed by atoms with Gasteiger partial charge >= 0.3 is 0 Å². The summed E-state index contributed by atoms with van der Waals surface area (Å²) in [5, 5.41) is 3.43. The first kappa shape index (κ1) is 12.9. The molecule has 17 heavy (non-hydrogen) atoms. The first-order valence-corrected chi connectivity index (χ1v) is 7.19. The molecule has 1 saturated heterocycles. The van der Waals surface area contributed by atoms with Crippen molar-refractivity contribution in [2.75, 3.05) is 6.54 Å². The Morgan fingerprint density at radius 2 is 2.00 bits per heavy atom. The fourth-order valence-electron chi connectivity index (χ4n) is 3.30. The minimum absolute atomic E-state index is 0.301. The Morgan fingerprint density at radius 1 is 1.35 bits per heavy atom. The molecule has 1 amide bonds. The van der Waals surface area contributed by atoms with Gasteiger partial charge in [0, 0.05) is 6.04 Å². The Kier molecular flexibility index (Phi) is 4.08. The van der Waals surface area contributed by atoms with Gasteiger partial charge < -0.3 is 4.90 Å². The van der Waals surface area contributed by atoms with Crippen molar-refractivity contribution in [1.29, 1.82) is 0 Å². The zero-order valence-electron chi connectivity index (χ0n) is 11.4. The lowest BCUT2D eigenvalue weighted by atomic mass is 9.96. The summed E-state index contributed by atoms with van der Waals surface area (Å²) in [4.78, 5) is 14.2. The van der Waals surface area contributed by atoms with Crippen LogP contribution < -0.4 is 5.32 Å². The van der Waals surface area contributed by atoms with Gasteiger partial charge in [-0.1, -0.05) is 33.1 Å². The van der Waals surface area contributed by atoms with Gasteiger partial charge in [0.05, 0.1) is 12.7 Å². The molecule has 1 saturated carbocycles. The molecule has 0 spiro atoms. The molecule has 1 aliphatic heterocycles. The van der Waals surface area contributed by atoms with Crippen molar-refractivity contribution in [3.05, 3.63) is 0 Å². The van der Waals surface area contributed by atoms with Crippen LogP contribution in [0.15, 0.2) is 0 Å². The summed E-state index contributed by atoms with van der Waals surface area (Å²) in [5.41, 5.74) is 0. The Labute approximate surface area is 105 Å². The lowest BCUT2D eigenvalue weighted by molar-refractivity contribution is -0.131. The van der Waals surface area contributed by atoms with Gasteiger partial charge in [-0.05, 0) is 31.6 Å². The van der Waals surface area contributed by atoms with Gasteiger partial charge in [-0.3, -0.25) is 10.1 Å². The maximum Gasteiger partial charge on any atom is 0.238 e. The van der Waals surface area contributed by atoms with Crippen LogP contribution in [0.2, 0.25) is 0 Å². The lowest BCUT2D eigenvalue weighted by Gasteiger charge is -2.36. The highest BCUT2D eigenvalue weighted by molar-refractivity contribution is 5.81. The number of carbonyl (C=O) groups excluding carboxylic acids is 1. The quantitative estimate of drug-likeness (QED) is 0.815. The van der Waals surface area contributed by atoms with Gasteiger partial charge in [0.25, 0.3) is 0 Å². The molecule has 2 fully saturated rings. The van der Waals surface area contributed by atoms with E-state index in [-0.39, 0.29) is 0 Å². The van der Waals surface area contributed by atoms with E-state index >= 15 is 0 Å². The molecule has 1 aliphatic carbocycles. The topological polar surface area (TPSA) is 32.3 Å². The average molecular weight is 238 g/mol. The molecule has 1 heterocycles. The third-order valence-corrected chi connectivity index (χ3v) is 4.80. The number of hydrogen-bond donors (Lipinski definition) is 1. The number of carbonyl (C=O) groups is 1. The lowest BCUT2D eigenvalue weighted by Crippen LogP contribution is -2.49. The minimum Gasteiger partial charge on any atom is -0.323 e. The predicted octanol–water partition coefficient (Wildman–Crippen LogP) is 2.37. The van der Waals surface area contributed by atoms with E-state index in [9.17, 15) is 4.79 Å². The normalized spacial score (nSPS) is 29.9. The largest absolute Gasteiger partial charge is 0.323 e. The van der Waals surface area contributed by atoms with E-state index in [1.54, 1.807) is 0 Å². The summed E-state index contributed by atoms with van der Waals surface area (Å²) in [5.74, 6) is 1.57. The number of nitrogens with one attached hydrogen (secondary N) is 1. The van der Waals surface area contributed by atoms with Crippen molar-refractivity contribution in [1.82, 2.24) is 10.2 Å². The summed E-state index contributed by atoms with van der Waals surface area (Å²) >= 11 is 0. The molecule has 0 aromatic heterocycles. The van der Waals surface area contributed by atoms with E-state index in [1.807, 2.05) is 0 Å². The number of rotatable bonds is 4. The number of hydrogen-bond acceptors (Lipinski definition) is 2. The van der Waals surface area contributed by atoms with E-state index in [1.165, 1.54) is 25.7 Å². The van der Waals surface area contributed by atoms with Crippen LogP contribution in [0.1, 0.15) is 52.9 Å². The van der Waals surface area contributed by atoms with E-state index in [0.29, 0.717) is 36.5 Å². The highest BCUT2D eigenvalue weighted by Gasteiger charge is 2.40. The maximum absolute atomic E-state index is 12.1. The Morgan fingerprint density at radius 3 is 2.59 bits per heavy atom. The van der Waals surface area contributed by atoms with Gasteiger partial charge in [0.1, 0.15) is 0 Å². The maximum atomic E-state index is 12.1. The molecule has 2 rings (SSSR count). The molecular weight excluding hydrogens is 212 g/mol. The first-order chi connectivity index (χ1) is 8.15. The zero-order valence-corrected chi connectivity index (χ0v) is 11.4. The van der Waals surface area contributed by atoms with Crippen LogP contribution >= 0.6 is 0 Å². The molecular formula is C14H26N2O. The smallest absolute Gasteiger partial charge is 0.238 e. The molecule has 0 bridgehead atoms. The van der Waals surface area contributed by atoms with E-state index < -0.39 is 0 Å². The van der Waals surface area contributed by atoms with Crippen LogP contribution in [-0.4, -0.2) is 29.6 Å². The van der Waals surface area contributed by atoms with Crippen molar-refractivity contribution in [2.24, 2.45) is 11.8 Å². The van der Waals surface area contributed by atoms with Crippen molar-refractivity contribution >= 4 is 5.91 Å². The monoisotopic (exact) mass is 238 g/mol. The summed E-state index contributed by atoms with van der Waals surface area (Å²) < 4.78 is 0. The highest BCUT2D eigenvalue weighted by atomic mass is 16.2. The van der Waals surface area contributed by atoms with Gasteiger partial charge in [-0.2, -0.15) is 0 Å². The summed E-state index contributed by atoms with van der Waals surface area (Å²) in [6, 6.07) is 0.369. The molecule has 3 heteroatoms. The van der Waals surface area contributed by atoms with Crippen molar-refractivity contribution in [2.45, 2.75) is 65.1 Å². The second-order valence-corrected chi connectivity index (χ2v) is 5.80. The molecule has 1 N–H and O–H groups in total. The fourth-order valence-corrected chi connectivity index (χ4v) is 3.30. The Bertz CT molecular complexity index is 273. The van der Waals surface area contributed by atoms with Gasteiger partial charge in [-0.15, -0.1) is 0 Å². The number of nitrogens with zero attached hydrogens (tertiary/aromatic N) is 1. The van der Waals surface area contributed by atoms with Crippen molar-refractivity contribution < 1.29 is 4.79 Å². The summed E-state index contributed by atoms with van der Waals surface area (Å²) in [6.45, 7) is 7.21. The third-order valence-electron chi connectivity index (χ3n) is 4.80. The molecule has 3 nitrogen and oxygen atoms in total. The molecule has 3 atom stereocenters. The molecule has 98 valence electrons. The second-order valence-electron chi connectivity index (χ2n) is 5.80. The molecule has 0 radical (unpaired) electrons. The Balaban J connectivity index is 2.07. The molecule has 3 unspecified atom stereocenters. The van der Waals surface area contributed by atoms with Crippen LogP contribution in [0.3, 0.4) is 0 Å². The van der Waals surface area contributed by atoms with Gasteiger partial charge in [0.15, 0.2) is 0 Å². The summed E-state index contributed by atoms with van der Waals surface area (Å²) in [7, 11) is 0. The SMILES string of the molecule is CCC(C)C(C)N1C(=O)CNC1C1CCCC1. The van der Waals surface area contributed by atoms with Crippen LogP contribution in [0, 0.1) is 11.8 Å². The number of amides is 1. The second kappa shape index (κ2) is 5.38. The Hall–Kier alpha value is -0.570. The van der Waals surface area contributed by atoms with Crippen molar-refractivity contribution in [3.8, 4) is 0 Å². The molecule has 2 aliphatic rings. The highest BCUT2D eigenvalue weighted by Crippen LogP contribution is 2.33. The third kappa shape index (κ3) is 2.49. The average Bonchev–Trinajstić information content (AvgIpc) is 2.95. The van der Waals surface area contributed by atoms with E-state index in [0.717, 1.165) is 6.42 Å². The zero-order chi connectivity index (χ0) is 12.4. The summed E-state index contributed by atoms with van der Waals surface area (Å²) in [6.07, 6.45) is 6.70. The van der Waals surface area contributed by atoms with Gasteiger partial charge in [-0.25, -0.2) is 0 Å². The molecule has 0 aromatic carbocycles. The van der Waals surface area contributed by atoms with Crippen LogP contribution in [0.25, 0.3) is 0 Å². The fraction of sp³-hybridized carbons (Fsp3) is 0.929. The predicted molar refractivity (Wildman–Crippen MR) is 69.5 cm³/mol. The minimum atomic E-state index is 0.301. The van der Waals surface area contributed by atoms with Crippen LogP contribution in [-0.2, 0) is 4.79 Å². The van der Waals surface area contributed by atoms with Crippen molar-refractivity contribution in [3.63, 3.8) is 0 Å². The molecule has 0 aromatic rings. The van der Waals surface area contributed by atoms with Gasteiger partial charge in [0.2, 0.25) is 5.91 Å². The van der Waals surface area contributed by atoms with E-state index in [4.69, 9.17) is 0 Å². The van der Waals surface area contributed by atoms with Crippen LogP contribution in [0.4, 0.5) is 0 Å². The van der Waals surface area contributed by atoms with Crippen LogP contribution in [0.5, 0.6) is 0 Å². The standard InChI is InChI=1S/C14H26N2O/c1-4-10(2)11(3)16-13(17)9-15-14(16)12-7-5-6-8-12/h10-12,14-15H,4-9H2,1-3H3.